The molecule has 3 aliphatic rings. The zero-order valence-electron chi connectivity index (χ0n) is 7.12. The molecule has 0 saturated carbocycles. The van der Waals surface area contributed by atoms with Gasteiger partial charge in [0.15, 0.2) is 0 Å². The van der Waals surface area contributed by atoms with Gasteiger partial charge in [-0.1, -0.05) is 18.2 Å². The summed E-state index contributed by atoms with van der Waals surface area (Å²) in [6.07, 6.45) is 8.26. The second-order valence-electron chi connectivity index (χ2n) is 3.88. The second-order valence-corrected chi connectivity index (χ2v) is 3.88. The van der Waals surface area contributed by atoms with Crippen molar-refractivity contribution in [2.45, 2.75) is 31.2 Å². The van der Waals surface area contributed by atoms with Crippen molar-refractivity contribution in [3.63, 3.8) is 0 Å². The van der Waals surface area contributed by atoms with E-state index in [1.807, 2.05) is 0 Å². The lowest BCUT2D eigenvalue weighted by molar-refractivity contribution is 0.333. The average molecular weight is 164 g/mol. The lowest BCUT2D eigenvalue weighted by Gasteiger charge is -2.12. The van der Waals surface area contributed by atoms with Crippen molar-refractivity contribution in [2.75, 3.05) is 6.61 Å². The predicted molar refractivity (Wildman–Crippen MR) is 44.9 cm³/mol. The topological polar surface area (TPSA) is 25.1 Å². The van der Waals surface area contributed by atoms with Crippen molar-refractivity contribution in [3.8, 4) is 0 Å². The summed E-state index contributed by atoms with van der Waals surface area (Å²) in [4.78, 5) is 0. The molecule has 2 aliphatic heterocycles. The number of rotatable bonds is 2. The second kappa shape index (κ2) is 2.01. The van der Waals surface area contributed by atoms with Crippen LogP contribution in [0, 0.1) is 0 Å². The molecule has 3 rings (SSSR count). The third-order valence-corrected chi connectivity index (χ3v) is 2.93. The van der Waals surface area contributed by atoms with Crippen LogP contribution in [0.15, 0.2) is 23.8 Å². The van der Waals surface area contributed by atoms with Crippen molar-refractivity contribution in [1.29, 1.82) is 0 Å². The Morgan fingerprint density at radius 1 is 1.67 bits per heavy atom. The number of ether oxygens (including phenoxy) is 2. The molecule has 2 saturated heterocycles. The predicted octanol–water partition coefficient (Wildman–Crippen LogP) is 1.43. The molecule has 64 valence electrons. The van der Waals surface area contributed by atoms with Crippen molar-refractivity contribution >= 4 is 0 Å². The van der Waals surface area contributed by atoms with Crippen molar-refractivity contribution in [2.24, 2.45) is 0 Å². The van der Waals surface area contributed by atoms with Crippen LogP contribution < -0.4 is 0 Å². The van der Waals surface area contributed by atoms with E-state index in [4.69, 9.17) is 9.47 Å². The first-order valence-corrected chi connectivity index (χ1v) is 4.46. The Labute approximate surface area is 71.9 Å². The molecule has 2 heterocycles. The molecule has 0 spiro atoms. The van der Waals surface area contributed by atoms with Crippen molar-refractivity contribution < 1.29 is 9.47 Å². The maximum atomic E-state index is 5.60. The van der Waals surface area contributed by atoms with Gasteiger partial charge in [0.2, 0.25) is 0 Å². The highest BCUT2D eigenvalue weighted by Crippen LogP contribution is 2.47. The molecule has 0 aromatic carbocycles. The molecular formula is C10H12O2. The fraction of sp³-hybridized carbons (Fsp3) is 0.600. The molecule has 3 unspecified atom stereocenters. The Bertz CT molecular complexity index is 276. The summed E-state index contributed by atoms with van der Waals surface area (Å²) in [5, 5.41) is 0. The van der Waals surface area contributed by atoms with E-state index in [0.717, 1.165) is 13.0 Å². The van der Waals surface area contributed by atoms with Crippen LogP contribution in [0.5, 0.6) is 0 Å². The lowest BCUT2D eigenvalue weighted by Crippen LogP contribution is -2.16. The molecule has 3 atom stereocenters. The normalized spacial score (nSPS) is 48.2. The Balaban J connectivity index is 1.81. The van der Waals surface area contributed by atoms with Gasteiger partial charge in [-0.15, -0.1) is 0 Å². The molecule has 1 aliphatic carbocycles. The smallest absolute Gasteiger partial charge is 0.117 e. The molecule has 2 heteroatoms. The van der Waals surface area contributed by atoms with Gasteiger partial charge in [-0.3, -0.25) is 0 Å². The number of epoxide rings is 2. The van der Waals surface area contributed by atoms with Gasteiger partial charge in [-0.2, -0.15) is 0 Å². The van der Waals surface area contributed by atoms with Gasteiger partial charge < -0.3 is 9.47 Å². The maximum absolute atomic E-state index is 5.60. The van der Waals surface area contributed by atoms with Gasteiger partial charge in [0.1, 0.15) is 11.7 Å². The number of hydrogen-bond donors (Lipinski definition) is 0. The molecule has 2 fully saturated rings. The van der Waals surface area contributed by atoms with E-state index in [9.17, 15) is 0 Å². The minimum atomic E-state index is 0.0285. The first-order chi connectivity index (χ1) is 5.79. The summed E-state index contributed by atoms with van der Waals surface area (Å²) in [7, 11) is 0. The van der Waals surface area contributed by atoms with E-state index in [0.29, 0.717) is 12.2 Å². The zero-order chi connectivity index (χ0) is 8.18. The minimum Gasteiger partial charge on any atom is -0.373 e. The maximum Gasteiger partial charge on any atom is 0.117 e. The van der Waals surface area contributed by atoms with Crippen molar-refractivity contribution in [1.82, 2.24) is 0 Å². The molecule has 0 aromatic heterocycles. The lowest BCUT2D eigenvalue weighted by atomic mass is 9.90. The minimum absolute atomic E-state index is 0.0285. The van der Waals surface area contributed by atoms with Crippen LogP contribution in [0.1, 0.15) is 13.3 Å². The Morgan fingerprint density at radius 3 is 3.25 bits per heavy atom. The number of allylic oxidation sites excluding steroid dienone is 2. The Hall–Kier alpha value is -0.600. The van der Waals surface area contributed by atoms with Crippen LogP contribution in [0.4, 0.5) is 0 Å². The summed E-state index contributed by atoms with van der Waals surface area (Å²) in [5.74, 6) is 0. The average Bonchev–Trinajstić information content (AvgIpc) is 2.86. The molecule has 12 heavy (non-hydrogen) atoms. The largest absolute Gasteiger partial charge is 0.373 e. The van der Waals surface area contributed by atoms with E-state index in [1.54, 1.807) is 0 Å². The fourth-order valence-corrected chi connectivity index (χ4v) is 1.85. The van der Waals surface area contributed by atoms with E-state index < -0.39 is 0 Å². The highest BCUT2D eigenvalue weighted by Gasteiger charge is 2.54. The summed E-state index contributed by atoms with van der Waals surface area (Å²) >= 11 is 0. The molecule has 0 aromatic rings. The third kappa shape index (κ3) is 0.883. The zero-order valence-corrected chi connectivity index (χ0v) is 7.12. The third-order valence-electron chi connectivity index (χ3n) is 2.93. The molecule has 0 N–H and O–H groups in total. The monoisotopic (exact) mass is 164 g/mol. The van der Waals surface area contributed by atoms with Gasteiger partial charge in [0.05, 0.1) is 12.7 Å². The quantitative estimate of drug-likeness (QED) is 0.577. The van der Waals surface area contributed by atoms with Crippen LogP contribution >= 0.6 is 0 Å². The number of fused-ring (bicyclic) bond motifs is 1. The SMILES string of the molecule is CC12OC1C=CC=C2CC1CO1. The highest BCUT2D eigenvalue weighted by molar-refractivity contribution is 5.38. The molecule has 2 nitrogen and oxygen atoms in total. The van der Waals surface area contributed by atoms with Crippen LogP contribution in [0.2, 0.25) is 0 Å². The Kier molecular flexibility index (Phi) is 1.15. The molecule has 0 amide bonds. The van der Waals surface area contributed by atoms with Gasteiger partial charge in [-0.05, 0) is 12.5 Å². The van der Waals surface area contributed by atoms with Gasteiger partial charge in [-0.25, -0.2) is 0 Å². The summed E-state index contributed by atoms with van der Waals surface area (Å²) in [6, 6.07) is 0. The van der Waals surface area contributed by atoms with E-state index in [-0.39, 0.29) is 5.60 Å². The van der Waals surface area contributed by atoms with E-state index in [2.05, 4.69) is 25.2 Å². The fourth-order valence-electron chi connectivity index (χ4n) is 1.85. The van der Waals surface area contributed by atoms with Crippen LogP contribution in [-0.2, 0) is 9.47 Å². The standard InChI is InChI=1S/C10H12O2/c1-10-7(5-8-6-11-8)3-2-4-9(10)12-10/h2-4,8-9H,5-6H2,1H3. The van der Waals surface area contributed by atoms with E-state index in [1.165, 1.54) is 5.57 Å². The highest BCUT2D eigenvalue weighted by atomic mass is 16.6. The van der Waals surface area contributed by atoms with Crippen molar-refractivity contribution in [3.05, 3.63) is 23.8 Å². The number of hydrogen-bond acceptors (Lipinski definition) is 2. The van der Waals surface area contributed by atoms with E-state index >= 15 is 0 Å². The van der Waals surface area contributed by atoms with Gasteiger partial charge in [0, 0.05) is 6.42 Å². The summed E-state index contributed by atoms with van der Waals surface area (Å²) < 4.78 is 10.8. The van der Waals surface area contributed by atoms with Gasteiger partial charge >= 0.3 is 0 Å². The van der Waals surface area contributed by atoms with Crippen LogP contribution in [0.25, 0.3) is 0 Å². The van der Waals surface area contributed by atoms with Crippen LogP contribution in [-0.4, -0.2) is 24.4 Å². The molecule has 0 radical (unpaired) electrons. The van der Waals surface area contributed by atoms with Crippen LogP contribution in [0.3, 0.4) is 0 Å². The van der Waals surface area contributed by atoms with Gasteiger partial charge in [0.25, 0.3) is 0 Å². The Morgan fingerprint density at radius 2 is 2.50 bits per heavy atom. The first-order valence-electron chi connectivity index (χ1n) is 4.46. The molecule has 0 bridgehead atoms. The summed E-state index contributed by atoms with van der Waals surface area (Å²) in [5.41, 5.74) is 1.43. The first kappa shape index (κ1) is 6.87. The molecular weight excluding hydrogens is 152 g/mol. The summed E-state index contributed by atoms with van der Waals surface area (Å²) in [6.45, 7) is 3.09.